The van der Waals surface area contributed by atoms with Crippen LogP contribution in [-0.4, -0.2) is 164 Å². The van der Waals surface area contributed by atoms with Gasteiger partial charge in [0.2, 0.25) is 11.8 Å². The van der Waals surface area contributed by atoms with Gasteiger partial charge in [-0.3, -0.25) is 39.5 Å². The van der Waals surface area contributed by atoms with Crippen molar-refractivity contribution < 1.29 is 32.2 Å². The summed E-state index contributed by atoms with van der Waals surface area (Å²) in [7, 11) is 4.11. The van der Waals surface area contributed by atoms with E-state index in [-0.39, 0.29) is 69.9 Å². The molecule has 0 radical (unpaired) electrons. The summed E-state index contributed by atoms with van der Waals surface area (Å²) in [5, 5.41) is 23.4. The molecule has 21 rings (SSSR count). The number of aromatic nitrogens is 18. The molecule has 0 aliphatic carbocycles. The quantitative estimate of drug-likeness (QED) is 0.0332. The van der Waals surface area contributed by atoms with Gasteiger partial charge in [-0.15, -0.1) is 0 Å². The number of nitrogens with zero attached hydrogens (tertiary/aromatic N) is 20. The monoisotopic (exact) mass is 1990 g/mol. The molecule has 149 heavy (non-hydrogen) atoms. The largest absolute Gasteiger partial charge is 0.493 e. The van der Waals surface area contributed by atoms with Crippen molar-refractivity contribution in [2.45, 2.75) is 84.2 Å². The van der Waals surface area contributed by atoms with Crippen LogP contribution in [0, 0.1) is 29.1 Å². The normalized spacial score (nSPS) is 12.1. The fourth-order valence-corrected chi connectivity index (χ4v) is 16.5. The minimum absolute atomic E-state index is 0.0183. The molecule has 14 heterocycles. The number of pyridine rings is 6. The first kappa shape index (κ1) is 104. The van der Waals surface area contributed by atoms with Gasteiger partial charge in [0.1, 0.15) is 80.8 Å². The van der Waals surface area contributed by atoms with E-state index in [0.717, 1.165) is 120 Å². The summed E-state index contributed by atoms with van der Waals surface area (Å²) >= 11 is 0. The van der Waals surface area contributed by atoms with Crippen LogP contribution in [0.25, 0.3) is 69.0 Å². The number of nitrogens with one attached hydrogen (secondary N) is 3. The first-order chi connectivity index (χ1) is 72.7. The second kappa shape index (κ2) is 51.9. The number of anilines is 4. The van der Waals surface area contributed by atoms with Crippen LogP contribution in [0.5, 0.6) is 11.8 Å². The number of H-pyrrole nitrogens is 2. The number of hydrogen-bond donors (Lipinski definition) is 5. The van der Waals surface area contributed by atoms with Crippen LogP contribution in [0.1, 0.15) is 105 Å². The Bertz CT molecular complexity index is 7700. The number of piperidine rings is 1. The van der Waals surface area contributed by atoms with E-state index in [0.29, 0.717) is 107 Å². The molecule has 2 saturated heterocycles. The second-order valence-corrected chi connectivity index (χ2v) is 35.4. The van der Waals surface area contributed by atoms with Crippen LogP contribution >= 0.6 is 0 Å². The van der Waals surface area contributed by atoms with Crippen LogP contribution < -0.4 is 31.1 Å². The number of benzene rings is 7. The zero-order valence-electron chi connectivity index (χ0n) is 82.4. The van der Waals surface area contributed by atoms with E-state index in [1.807, 2.05) is 185 Å². The van der Waals surface area contributed by atoms with Gasteiger partial charge in [0.05, 0.1) is 11.1 Å². The second-order valence-electron chi connectivity index (χ2n) is 35.4. The maximum atomic E-state index is 14.2. The van der Waals surface area contributed by atoms with E-state index in [2.05, 4.69) is 119 Å². The fraction of sp³-hybridized carbons (Fsp3) is 0.179. The predicted octanol–water partition coefficient (Wildman–Crippen LogP) is 20.7. The first-order valence-corrected chi connectivity index (χ1v) is 48.7. The van der Waals surface area contributed by atoms with Gasteiger partial charge in [0, 0.05) is 193 Å². The number of aromatic hydroxyl groups is 2. The Morgan fingerprint density at radius 3 is 1.11 bits per heavy atom. The number of piperazine rings is 1. The molecule has 19 aromatic rings. The molecule has 5 N–H and O–H groups in total. The molecule has 750 valence electrons. The lowest BCUT2D eigenvalue weighted by atomic mass is 10.0. The molecule has 2 aliphatic rings. The Kier molecular flexibility index (Phi) is 36.2. The highest BCUT2D eigenvalue weighted by atomic mass is 19.1. The first-order valence-electron chi connectivity index (χ1n) is 48.7. The van der Waals surface area contributed by atoms with Crippen molar-refractivity contribution in [3.05, 3.63) is 475 Å². The number of rotatable bonds is 25. The molecular formula is C117H108F5N23O4. The smallest absolute Gasteiger partial charge is 0.258 e. The molecular weight excluding hydrogens is 1890 g/mol. The number of halogens is 5. The van der Waals surface area contributed by atoms with Crippen molar-refractivity contribution in [1.82, 2.24) is 94.6 Å². The predicted molar refractivity (Wildman–Crippen MR) is 569 cm³/mol. The maximum Gasteiger partial charge on any atom is 0.258 e. The van der Waals surface area contributed by atoms with Crippen LogP contribution in [0.4, 0.5) is 45.2 Å². The van der Waals surface area contributed by atoms with Crippen LogP contribution in [0.2, 0.25) is 0 Å². The SMILES string of the molecule is CC(C)Nc1nc(-c2cccnc2)ncc1Cc1ccccc1F.CN(Cc1ccccc1)c1nc(-c2ccccn2)ncc1Cc1ccccc1F.CN1CCN(c2nc(-c3ccccn3)ncc2Cc2ccccc2F)CC1.Fc1ccccc1Cc1cnc(-c2ccccn2)nc1N1CCCCC1.O=c1[nH]c(-c2ccccn2)nc(O)c1Cc1ccccc1.O=c1[nH]c(-c2ccccn2)nc(O)c1Cc1ccccc1F. The summed E-state index contributed by atoms with van der Waals surface area (Å²) in [6.07, 6.45) is 24.6. The van der Waals surface area contributed by atoms with Crippen molar-refractivity contribution in [2.75, 3.05) is 73.4 Å². The van der Waals surface area contributed by atoms with Gasteiger partial charge in [-0.25, -0.2) is 61.8 Å². The highest BCUT2D eigenvalue weighted by Gasteiger charge is 2.26. The molecule has 27 nitrogen and oxygen atoms in total. The van der Waals surface area contributed by atoms with E-state index < -0.39 is 17.3 Å². The van der Waals surface area contributed by atoms with Crippen molar-refractivity contribution in [3.8, 4) is 80.7 Å². The molecule has 12 aromatic heterocycles. The van der Waals surface area contributed by atoms with Crippen LogP contribution in [-0.2, 0) is 45.1 Å². The average molecular weight is 2000 g/mol. The molecule has 0 saturated carbocycles. The third kappa shape index (κ3) is 29.0. The Balaban J connectivity index is 0.000000128. The zero-order valence-corrected chi connectivity index (χ0v) is 82.4. The summed E-state index contributed by atoms with van der Waals surface area (Å²) in [6.45, 7) is 10.4. The summed E-state index contributed by atoms with van der Waals surface area (Å²) in [4.78, 5) is 109. The molecule has 2 fully saturated rings. The minimum atomic E-state index is -0.517. The molecule has 0 unspecified atom stereocenters. The molecule has 0 bridgehead atoms. The third-order valence-electron chi connectivity index (χ3n) is 24.2. The van der Waals surface area contributed by atoms with Crippen molar-refractivity contribution in [3.63, 3.8) is 0 Å². The lowest BCUT2D eigenvalue weighted by molar-refractivity contribution is 0.312. The minimum Gasteiger partial charge on any atom is -0.493 e. The van der Waals surface area contributed by atoms with Crippen molar-refractivity contribution in [1.29, 1.82) is 0 Å². The summed E-state index contributed by atoms with van der Waals surface area (Å²) < 4.78 is 70.1. The molecule has 0 spiro atoms. The molecule has 2 aliphatic heterocycles. The van der Waals surface area contributed by atoms with Gasteiger partial charge in [0.15, 0.2) is 34.9 Å². The summed E-state index contributed by atoms with van der Waals surface area (Å²) in [5.41, 5.74) is 12.0. The van der Waals surface area contributed by atoms with E-state index in [1.165, 1.54) is 42.3 Å². The van der Waals surface area contributed by atoms with Gasteiger partial charge in [0.25, 0.3) is 11.1 Å². The molecule has 7 aromatic carbocycles. The lowest BCUT2D eigenvalue weighted by Gasteiger charge is -2.34. The van der Waals surface area contributed by atoms with Crippen LogP contribution in [0.3, 0.4) is 0 Å². The highest BCUT2D eigenvalue weighted by Crippen LogP contribution is 2.33. The summed E-state index contributed by atoms with van der Waals surface area (Å²) in [5.74, 6) is 4.12. The van der Waals surface area contributed by atoms with Gasteiger partial charge in [-0.05, 0) is 182 Å². The Labute approximate surface area is 858 Å². The topological polar surface area (TPSA) is 337 Å². The van der Waals surface area contributed by atoms with Gasteiger partial charge >= 0.3 is 0 Å². The fourth-order valence-electron chi connectivity index (χ4n) is 16.5. The van der Waals surface area contributed by atoms with Gasteiger partial charge in [-0.1, -0.05) is 182 Å². The van der Waals surface area contributed by atoms with E-state index in [9.17, 15) is 41.8 Å². The zero-order chi connectivity index (χ0) is 104. The molecule has 0 amide bonds. The Morgan fingerprint density at radius 1 is 0.336 bits per heavy atom. The number of hydrogen-bond acceptors (Lipinski definition) is 25. The Hall–Kier alpha value is -18.1. The van der Waals surface area contributed by atoms with Gasteiger partial charge < -0.3 is 45.1 Å². The maximum absolute atomic E-state index is 14.2. The van der Waals surface area contributed by atoms with Gasteiger partial charge in [-0.2, -0.15) is 9.97 Å². The average Bonchev–Trinajstić information content (AvgIpc) is 0.801. The third-order valence-corrected chi connectivity index (χ3v) is 24.2. The van der Waals surface area contributed by atoms with E-state index in [1.54, 1.807) is 147 Å². The molecule has 0 atom stereocenters. The van der Waals surface area contributed by atoms with E-state index >= 15 is 0 Å². The van der Waals surface area contributed by atoms with Crippen molar-refractivity contribution >= 4 is 23.3 Å². The highest BCUT2D eigenvalue weighted by molar-refractivity contribution is 5.63. The Morgan fingerprint density at radius 2 is 0.698 bits per heavy atom. The van der Waals surface area contributed by atoms with Crippen molar-refractivity contribution in [2.24, 2.45) is 0 Å². The van der Waals surface area contributed by atoms with E-state index in [4.69, 9.17) is 15.0 Å². The number of aromatic amines is 2. The lowest BCUT2D eigenvalue weighted by Crippen LogP contribution is -2.45. The standard InChI is InChI=1S/C24H21FN4.C21H22FN5.C21H21FN4.C19H19FN4.C16H12FN3O2.C16H13N3O2/c1-29(17-18-9-3-2-4-10-18)24-20(15-19-11-5-6-12-21(19)25)16-27-23(28-24)22-13-7-8-14-26-22;1-26-10-12-27(13-11-26)21-17(14-16-6-2-3-7-18(16)22)15-24-20(25-21)19-8-4-5-9-23-19;22-18-9-3-2-8-16(18)14-17-15-24-20(19-10-4-5-11-23-19)25-21(17)26-12-6-1-7-13-26;1-13(2)23-19-16(10-14-6-3-4-8-17(14)20)12-22-18(24-19)15-7-5-9-21-11-15;17-12-6-2-1-5-10(12)9-11-15(21)19-14(20-16(11)22)13-7-3-4-8-18-13;20-15-12(10-11-6-2-1-3-7-11)16(21)19-14(18-15)13-8-4-5-9-17-13/h2-14,16H,15,17H2,1H3;2-9,15H,10-14H2,1H3;2-5,8-11,15H,1,6-7,12-14H2;3-9,11-13H,10H2,1-2H3,(H,22,23,24);1-8H,9H2,(H2,19,20,21,22);1-9H,10H2,(H2,18,19,20,21). The molecule has 32 heteroatoms. The summed E-state index contributed by atoms with van der Waals surface area (Å²) in [6, 6.07) is 84.5. The number of likely N-dealkylation sites (N-methyl/N-ethyl adjacent to an activating group) is 1. The van der Waals surface area contributed by atoms with Crippen LogP contribution in [0.15, 0.2) is 363 Å².